The molecule has 1 aromatic carbocycles. The van der Waals surface area contributed by atoms with Crippen LogP contribution in [0.25, 0.3) is 0 Å². The summed E-state index contributed by atoms with van der Waals surface area (Å²) < 4.78 is 1.64. The van der Waals surface area contributed by atoms with Crippen molar-refractivity contribution in [3.05, 3.63) is 47.3 Å². The average Bonchev–Trinajstić information content (AvgIpc) is 2.85. The molecule has 1 heterocycles. The molecule has 0 bridgehead atoms. The predicted molar refractivity (Wildman–Crippen MR) is 83.3 cm³/mol. The number of carbonyl (C=O) groups is 2. The molecule has 1 aromatic heterocycles. The molecule has 2 rings (SSSR count). The number of benzene rings is 1. The number of aryl methyl sites for hydroxylation is 2. The van der Waals surface area contributed by atoms with E-state index in [1.54, 1.807) is 56.3 Å². The summed E-state index contributed by atoms with van der Waals surface area (Å²) >= 11 is 0. The molecule has 7 heteroatoms. The lowest BCUT2D eigenvalue weighted by Gasteiger charge is -2.15. The van der Waals surface area contributed by atoms with Crippen molar-refractivity contribution in [2.45, 2.75) is 13.0 Å². The van der Waals surface area contributed by atoms with Crippen molar-refractivity contribution in [3.8, 4) is 0 Å². The van der Waals surface area contributed by atoms with Gasteiger partial charge in [0.2, 0.25) is 11.8 Å². The van der Waals surface area contributed by atoms with Crippen LogP contribution in [-0.2, 0) is 11.8 Å². The molecule has 2 amide bonds. The van der Waals surface area contributed by atoms with Crippen molar-refractivity contribution >= 4 is 17.5 Å². The standard InChI is InChI=1S/C15H19N5O2/c1-9-6-11(4-5-12(9)14(16)21)19-15(22)13(17-2)10-7-18-20(3)8-10/h4-8,13,17H,1-3H3,(H2,16,21)(H,19,22). The summed E-state index contributed by atoms with van der Waals surface area (Å²) in [6.45, 7) is 1.77. The molecular formula is C15H19N5O2. The van der Waals surface area contributed by atoms with Crippen LogP contribution in [0.3, 0.4) is 0 Å². The highest BCUT2D eigenvalue weighted by Gasteiger charge is 2.20. The monoisotopic (exact) mass is 301 g/mol. The van der Waals surface area contributed by atoms with Gasteiger partial charge in [0.25, 0.3) is 0 Å². The number of carbonyl (C=O) groups excluding carboxylic acids is 2. The first-order valence-corrected chi connectivity index (χ1v) is 6.79. The van der Waals surface area contributed by atoms with E-state index in [1.807, 2.05) is 0 Å². The average molecular weight is 301 g/mol. The van der Waals surface area contributed by atoms with Gasteiger partial charge in [-0.2, -0.15) is 5.10 Å². The minimum Gasteiger partial charge on any atom is -0.366 e. The van der Waals surface area contributed by atoms with Crippen LogP contribution in [0.1, 0.15) is 27.5 Å². The Kier molecular flexibility index (Phi) is 4.57. The molecule has 0 saturated heterocycles. The fourth-order valence-corrected chi connectivity index (χ4v) is 2.27. The molecule has 116 valence electrons. The summed E-state index contributed by atoms with van der Waals surface area (Å²) in [6, 6.07) is 4.46. The number of aromatic nitrogens is 2. The summed E-state index contributed by atoms with van der Waals surface area (Å²) in [4.78, 5) is 23.6. The highest BCUT2D eigenvalue weighted by Crippen LogP contribution is 2.18. The van der Waals surface area contributed by atoms with Crippen molar-refractivity contribution in [3.63, 3.8) is 0 Å². The number of primary amides is 1. The first kappa shape index (κ1) is 15.7. The van der Waals surface area contributed by atoms with Crippen LogP contribution in [-0.4, -0.2) is 28.6 Å². The number of nitrogens with zero attached hydrogens (tertiary/aromatic N) is 2. The molecule has 0 aliphatic carbocycles. The maximum absolute atomic E-state index is 12.4. The quantitative estimate of drug-likeness (QED) is 0.757. The Labute approximate surface area is 128 Å². The molecule has 4 N–H and O–H groups in total. The third-order valence-corrected chi connectivity index (χ3v) is 3.37. The summed E-state index contributed by atoms with van der Waals surface area (Å²) in [5, 5.41) is 9.84. The third kappa shape index (κ3) is 3.32. The number of nitrogens with one attached hydrogen (secondary N) is 2. The molecular weight excluding hydrogens is 282 g/mol. The van der Waals surface area contributed by atoms with Gasteiger partial charge in [-0.3, -0.25) is 14.3 Å². The van der Waals surface area contributed by atoms with Crippen molar-refractivity contribution in [2.24, 2.45) is 12.8 Å². The van der Waals surface area contributed by atoms with E-state index in [0.717, 1.165) is 5.56 Å². The molecule has 22 heavy (non-hydrogen) atoms. The first-order valence-electron chi connectivity index (χ1n) is 6.79. The minimum absolute atomic E-state index is 0.207. The second-order valence-electron chi connectivity index (χ2n) is 5.05. The zero-order chi connectivity index (χ0) is 16.3. The van der Waals surface area contributed by atoms with Crippen LogP contribution >= 0.6 is 0 Å². The highest BCUT2D eigenvalue weighted by atomic mass is 16.2. The summed E-state index contributed by atoms with van der Waals surface area (Å²) in [6.07, 6.45) is 3.42. The fraction of sp³-hybridized carbons (Fsp3) is 0.267. The van der Waals surface area contributed by atoms with E-state index in [0.29, 0.717) is 16.8 Å². The van der Waals surface area contributed by atoms with E-state index in [4.69, 9.17) is 5.73 Å². The van der Waals surface area contributed by atoms with Crippen molar-refractivity contribution < 1.29 is 9.59 Å². The topological polar surface area (TPSA) is 102 Å². The molecule has 0 fully saturated rings. The second kappa shape index (κ2) is 6.40. The normalized spacial score (nSPS) is 12.0. The van der Waals surface area contributed by atoms with Gasteiger partial charge < -0.3 is 16.4 Å². The second-order valence-corrected chi connectivity index (χ2v) is 5.05. The van der Waals surface area contributed by atoms with Crippen LogP contribution in [0, 0.1) is 6.92 Å². The van der Waals surface area contributed by atoms with Gasteiger partial charge in [0, 0.05) is 30.1 Å². The minimum atomic E-state index is -0.509. The maximum atomic E-state index is 12.4. The number of hydrogen-bond donors (Lipinski definition) is 3. The molecule has 0 saturated carbocycles. The van der Waals surface area contributed by atoms with E-state index in [9.17, 15) is 9.59 Å². The third-order valence-electron chi connectivity index (χ3n) is 3.37. The highest BCUT2D eigenvalue weighted by molar-refractivity contribution is 5.97. The van der Waals surface area contributed by atoms with Gasteiger partial charge in [-0.15, -0.1) is 0 Å². The molecule has 0 aliphatic rings. The number of likely N-dealkylation sites (N-methyl/N-ethyl adjacent to an activating group) is 1. The van der Waals surface area contributed by atoms with Crippen molar-refractivity contribution in [1.29, 1.82) is 0 Å². The van der Waals surface area contributed by atoms with E-state index in [1.165, 1.54) is 0 Å². The number of amides is 2. The van der Waals surface area contributed by atoms with Gasteiger partial charge in [0.1, 0.15) is 6.04 Å². The van der Waals surface area contributed by atoms with Gasteiger partial charge in [-0.25, -0.2) is 0 Å². The Morgan fingerprint density at radius 3 is 2.59 bits per heavy atom. The van der Waals surface area contributed by atoms with Gasteiger partial charge in [0.05, 0.1) is 6.20 Å². The number of rotatable bonds is 5. The molecule has 1 unspecified atom stereocenters. The Morgan fingerprint density at radius 2 is 2.09 bits per heavy atom. The first-order chi connectivity index (χ1) is 10.4. The molecule has 0 aliphatic heterocycles. The molecule has 0 spiro atoms. The van der Waals surface area contributed by atoms with Crippen LogP contribution < -0.4 is 16.4 Å². The summed E-state index contributed by atoms with van der Waals surface area (Å²) in [7, 11) is 3.50. The number of hydrogen-bond acceptors (Lipinski definition) is 4. The number of nitrogens with two attached hydrogens (primary N) is 1. The maximum Gasteiger partial charge on any atom is 0.248 e. The molecule has 2 aromatic rings. The van der Waals surface area contributed by atoms with Gasteiger partial charge in [-0.05, 0) is 37.7 Å². The summed E-state index contributed by atoms with van der Waals surface area (Å²) in [5.74, 6) is -0.694. The SMILES string of the molecule is CNC(C(=O)Nc1ccc(C(N)=O)c(C)c1)c1cnn(C)c1. The van der Waals surface area contributed by atoms with E-state index >= 15 is 0 Å². The number of anilines is 1. The van der Waals surface area contributed by atoms with Crippen LogP contribution in [0.5, 0.6) is 0 Å². The Balaban J connectivity index is 2.17. The summed E-state index contributed by atoms with van der Waals surface area (Å²) in [5.41, 5.74) is 7.80. The van der Waals surface area contributed by atoms with Crippen molar-refractivity contribution in [2.75, 3.05) is 12.4 Å². The van der Waals surface area contributed by atoms with E-state index in [-0.39, 0.29) is 5.91 Å². The van der Waals surface area contributed by atoms with E-state index in [2.05, 4.69) is 15.7 Å². The molecule has 1 atom stereocenters. The van der Waals surface area contributed by atoms with Gasteiger partial charge in [-0.1, -0.05) is 0 Å². The molecule has 7 nitrogen and oxygen atoms in total. The van der Waals surface area contributed by atoms with Crippen molar-refractivity contribution in [1.82, 2.24) is 15.1 Å². The Bertz CT molecular complexity index is 708. The molecule has 0 radical (unpaired) electrons. The Hall–Kier alpha value is -2.67. The Morgan fingerprint density at radius 1 is 1.36 bits per heavy atom. The lowest BCUT2D eigenvalue weighted by Crippen LogP contribution is -2.30. The van der Waals surface area contributed by atoms with E-state index < -0.39 is 11.9 Å². The predicted octanol–water partition coefficient (Wildman–Crippen LogP) is 0.727. The fourth-order valence-electron chi connectivity index (χ4n) is 2.27. The lowest BCUT2D eigenvalue weighted by molar-refractivity contribution is -0.118. The van der Waals surface area contributed by atoms with Gasteiger partial charge in [0.15, 0.2) is 0 Å². The van der Waals surface area contributed by atoms with Crippen LogP contribution in [0.2, 0.25) is 0 Å². The largest absolute Gasteiger partial charge is 0.366 e. The zero-order valence-electron chi connectivity index (χ0n) is 12.8. The van der Waals surface area contributed by atoms with Crippen LogP contribution in [0.15, 0.2) is 30.6 Å². The van der Waals surface area contributed by atoms with Gasteiger partial charge >= 0.3 is 0 Å². The van der Waals surface area contributed by atoms with Crippen LogP contribution in [0.4, 0.5) is 5.69 Å². The lowest BCUT2D eigenvalue weighted by atomic mass is 10.1. The zero-order valence-corrected chi connectivity index (χ0v) is 12.8. The smallest absolute Gasteiger partial charge is 0.248 e.